The third kappa shape index (κ3) is 3.68. The highest BCUT2D eigenvalue weighted by Gasteiger charge is 2.35. The van der Waals surface area contributed by atoms with Gasteiger partial charge in [-0.25, -0.2) is 4.39 Å². The molecule has 0 bridgehead atoms. The number of amides is 1. The minimum atomic E-state index is -0.293. The third-order valence-corrected chi connectivity index (χ3v) is 4.39. The normalized spacial score (nSPS) is 20.9. The number of tetrazole rings is 1. The summed E-state index contributed by atoms with van der Waals surface area (Å²) in [6.45, 7) is 6.66. The molecule has 8 heteroatoms. The van der Waals surface area contributed by atoms with Crippen LogP contribution in [0.5, 0.6) is 0 Å². The zero-order chi connectivity index (χ0) is 18.2. The minimum Gasteiger partial charge on any atom is -0.340 e. The first-order valence-electron chi connectivity index (χ1n) is 8.33. The van der Waals surface area contributed by atoms with E-state index < -0.39 is 0 Å². The first-order chi connectivity index (χ1) is 11.8. The molecule has 1 amide bonds. The van der Waals surface area contributed by atoms with E-state index in [2.05, 4.69) is 15.4 Å². The van der Waals surface area contributed by atoms with E-state index in [0.717, 1.165) is 0 Å². The van der Waals surface area contributed by atoms with Crippen LogP contribution in [0.25, 0.3) is 0 Å². The fourth-order valence-corrected chi connectivity index (χ4v) is 2.98. The summed E-state index contributed by atoms with van der Waals surface area (Å²) in [4.78, 5) is 15.7. The number of aromatic nitrogens is 4. The van der Waals surface area contributed by atoms with Gasteiger partial charge in [-0.15, -0.1) is 10.2 Å². The molecule has 2 aromatic rings. The number of nitrogens with zero attached hydrogens (tertiary/aromatic N) is 5. The van der Waals surface area contributed by atoms with E-state index in [0.29, 0.717) is 24.5 Å². The Bertz CT molecular complexity index is 768. The molecule has 1 fully saturated rings. The van der Waals surface area contributed by atoms with Crippen molar-refractivity contribution >= 4 is 5.91 Å². The molecule has 2 heterocycles. The van der Waals surface area contributed by atoms with Gasteiger partial charge in [0, 0.05) is 25.0 Å². The Kier molecular flexibility index (Phi) is 4.55. The molecule has 2 unspecified atom stereocenters. The van der Waals surface area contributed by atoms with Crippen LogP contribution in [0.1, 0.15) is 38.1 Å². The molecule has 0 aliphatic carbocycles. The standard InChI is InChI=1S/C17H23FN6O/c1-17(2,3)24-21-15(20-22-24)8-16(25)23-9-12(14(19)10-23)11-6-4-5-7-13(11)18/h4-7,12,14H,8-10,19H2,1-3H3. The SMILES string of the molecule is CC(C)(C)n1nnc(CC(=O)N2CC(N)C(c3ccccc3F)C2)n1. The number of carbonyl (C=O) groups is 1. The lowest BCUT2D eigenvalue weighted by Crippen LogP contribution is -2.33. The van der Waals surface area contributed by atoms with Gasteiger partial charge in [0.25, 0.3) is 0 Å². The summed E-state index contributed by atoms with van der Waals surface area (Å²) in [7, 11) is 0. The number of likely N-dealkylation sites (tertiary alicyclic amines) is 1. The first-order valence-corrected chi connectivity index (χ1v) is 8.33. The highest BCUT2D eigenvalue weighted by molar-refractivity contribution is 5.78. The van der Waals surface area contributed by atoms with Crippen LogP contribution >= 0.6 is 0 Å². The van der Waals surface area contributed by atoms with Gasteiger partial charge in [0.15, 0.2) is 5.82 Å². The van der Waals surface area contributed by atoms with Crippen LogP contribution in [0.4, 0.5) is 4.39 Å². The highest BCUT2D eigenvalue weighted by atomic mass is 19.1. The van der Waals surface area contributed by atoms with Crippen LogP contribution in [-0.4, -0.2) is 50.1 Å². The van der Waals surface area contributed by atoms with Crippen LogP contribution in [0, 0.1) is 5.82 Å². The average molecular weight is 346 g/mol. The van der Waals surface area contributed by atoms with Gasteiger partial charge >= 0.3 is 0 Å². The first kappa shape index (κ1) is 17.5. The molecule has 0 radical (unpaired) electrons. The van der Waals surface area contributed by atoms with E-state index in [4.69, 9.17) is 5.73 Å². The van der Waals surface area contributed by atoms with Crippen LogP contribution < -0.4 is 5.73 Å². The summed E-state index contributed by atoms with van der Waals surface area (Å²) >= 11 is 0. The van der Waals surface area contributed by atoms with Crippen molar-refractivity contribution in [3.8, 4) is 0 Å². The van der Waals surface area contributed by atoms with Crippen molar-refractivity contribution in [2.45, 2.75) is 44.7 Å². The predicted octanol–water partition coefficient (Wildman–Crippen LogP) is 1.06. The van der Waals surface area contributed by atoms with E-state index in [-0.39, 0.29) is 35.6 Å². The summed E-state index contributed by atoms with van der Waals surface area (Å²) in [6, 6.07) is 6.28. The van der Waals surface area contributed by atoms with Gasteiger partial charge in [-0.2, -0.15) is 4.80 Å². The van der Waals surface area contributed by atoms with Gasteiger partial charge < -0.3 is 10.6 Å². The largest absolute Gasteiger partial charge is 0.340 e. The Morgan fingerprint density at radius 1 is 1.32 bits per heavy atom. The topological polar surface area (TPSA) is 89.9 Å². The fourth-order valence-electron chi connectivity index (χ4n) is 2.98. The van der Waals surface area contributed by atoms with E-state index >= 15 is 0 Å². The van der Waals surface area contributed by atoms with Gasteiger partial charge in [-0.3, -0.25) is 4.79 Å². The fraction of sp³-hybridized carbons (Fsp3) is 0.529. The summed E-state index contributed by atoms with van der Waals surface area (Å²) in [6.07, 6.45) is 0.0623. The third-order valence-electron chi connectivity index (χ3n) is 4.39. The predicted molar refractivity (Wildman–Crippen MR) is 90.2 cm³/mol. The number of carbonyl (C=O) groups excluding carboxylic acids is 1. The molecule has 0 spiro atoms. The molecule has 2 N–H and O–H groups in total. The maximum absolute atomic E-state index is 14.0. The van der Waals surface area contributed by atoms with Gasteiger partial charge in [-0.05, 0) is 37.6 Å². The molecule has 0 saturated carbocycles. The number of hydrogen-bond donors (Lipinski definition) is 1. The van der Waals surface area contributed by atoms with Crippen molar-refractivity contribution in [2.75, 3.05) is 13.1 Å². The lowest BCUT2D eigenvalue weighted by Gasteiger charge is -2.16. The van der Waals surface area contributed by atoms with Crippen molar-refractivity contribution in [1.82, 2.24) is 25.1 Å². The summed E-state index contributed by atoms with van der Waals surface area (Å²) < 4.78 is 14.0. The van der Waals surface area contributed by atoms with Crippen molar-refractivity contribution in [1.29, 1.82) is 0 Å². The molecule has 7 nitrogen and oxygen atoms in total. The van der Waals surface area contributed by atoms with Crippen molar-refractivity contribution < 1.29 is 9.18 Å². The average Bonchev–Trinajstić information content (AvgIpc) is 3.14. The van der Waals surface area contributed by atoms with Crippen LogP contribution in [0.3, 0.4) is 0 Å². The number of benzene rings is 1. The Balaban J connectivity index is 1.68. The Morgan fingerprint density at radius 2 is 2.04 bits per heavy atom. The molecular formula is C17H23FN6O. The molecule has 1 aliphatic heterocycles. The molecule has 134 valence electrons. The Hall–Kier alpha value is -2.35. The van der Waals surface area contributed by atoms with E-state index in [1.165, 1.54) is 10.9 Å². The number of nitrogens with two attached hydrogens (primary N) is 1. The molecule has 1 aliphatic rings. The maximum atomic E-state index is 14.0. The second-order valence-electron chi connectivity index (χ2n) is 7.43. The van der Waals surface area contributed by atoms with Crippen molar-refractivity contribution in [3.63, 3.8) is 0 Å². The van der Waals surface area contributed by atoms with Crippen molar-refractivity contribution in [2.24, 2.45) is 5.73 Å². The zero-order valence-electron chi connectivity index (χ0n) is 14.7. The molecule has 3 rings (SSSR count). The quantitative estimate of drug-likeness (QED) is 0.898. The molecule has 1 saturated heterocycles. The highest BCUT2D eigenvalue weighted by Crippen LogP contribution is 2.28. The van der Waals surface area contributed by atoms with E-state index in [1.54, 1.807) is 23.1 Å². The molecule has 25 heavy (non-hydrogen) atoms. The number of halogens is 1. The lowest BCUT2D eigenvalue weighted by atomic mass is 9.94. The molecule has 1 aromatic carbocycles. The summed E-state index contributed by atoms with van der Waals surface area (Å²) in [5, 5.41) is 12.2. The molecule has 1 aromatic heterocycles. The van der Waals surface area contributed by atoms with Crippen LogP contribution in [0.2, 0.25) is 0 Å². The molecular weight excluding hydrogens is 323 g/mol. The summed E-state index contributed by atoms with van der Waals surface area (Å²) in [5.41, 5.74) is 6.42. The van der Waals surface area contributed by atoms with Gasteiger partial charge in [0.2, 0.25) is 5.91 Å². The summed E-state index contributed by atoms with van der Waals surface area (Å²) in [5.74, 6) is -0.235. The lowest BCUT2D eigenvalue weighted by molar-refractivity contribution is -0.129. The van der Waals surface area contributed by atoms with Crippen LogP contribution in [0.15, 0.2) is 24.3 Å². The van der Waals surface area contributed by atoms with Crippen molar-refractivity contribution in [3.05, 3.63) is 41.5 Å². The zero-order valence-corrected chi connectivity index (χ0v) is 14.7. The minimum absolute atomic E-state index is 0.0623. The second-order valence-corrected chi connectivity index (χ2v) is 7.43. The van der Waals surface area contributed by atoms with Gasteiger partial charge in [0.05, 0.1) is 12.0 Å². The number of hydrogen-bond acceptors (Lipinski definition) is 5. The second kappa shape index (κ2) is 6.51. The van der Waals surface area contributed by atoms with E-state index in [9.17, 15) is 9.18 Å². The maximum Gasteiger partial charge on any atom is 0.230 e. The Labute approximate surface area is 146 Å². The molecule has 2 atom stereocenters. The van der Waals surface area contributed by atoms with E-state index in [1.807, 2.05) is 20.8 Å². The number of rotatable bonds is 3. The van der Waals surface area contributed by atoms with Gasteiger partial charge in [-0.1, -0.05) is 18.2 Å². The van der Waals surface area contributed by atoms with Gasteiger partial charge in [0.1, 0.15) is 5.82 Å². The van der Waals surface area contributed by atoms with Crippen LogP contribution in [-0.2, 0) is 16.8 Å². The Morgan fingerprint density at radius 3 is 2.68 bits per heavy atom. The monoisotopic (exact) mass is 346 g/mol. The smallest absolute Gasteiger partial charge is 0.230 e.